The summed E-state index contributed by atoms with van der Waals surface area (Å²) >= 11 is 0. The molecule has 2 aliphatic rings. The summed E-state index contributed by atoms with van der Waals surface area (Å²) in [4.78, 5) is 21.4. The van der Waals surface area contributed by atoms with Gasteiger partial charge in [0.15, 0.2) is 0 Å². The van der Waals surface area contributed by atoms with E-state index in [9.17, 15) is 20.2 Å². The predicted octanol–water partition coefficient (Wildman–Crippen LogP) is 17.4. The molecule has 63 heavy (non-hydrogen) atoms. The van der Waals surface area contributed by atoms with Crippen LogP contribution in [0.3, 0.4) is 0 Å². The Balaban J connectivity index is 0.938. The number of unbranched alkanes of at least 4 members (excludes halogenated alkanes) is 14. The lowest BCUT2D eigenvalue weighted by Gasteiger charge is -2.42. The number of nitro groups is 2. The fourth-order valence-corrected chi connectivity index (χ4v) is 10.5. The Morgan fingerprint density at radius 1 is 0.429 bits per heavy atom. The van der Waals surface area contributed by atoms with Gasteiger partial charge < -0.3 is 9.47 Å². The maximum absolute atomic E-state index is 11.1. The van der Waals surface area contributed by atoms with E-state index in [0.29, 0.717) is 23.0 Å². The number of rotatable bonds is 27. The highest BCUT2D eigenvalue weighted by atomic mass is 16.6. The minimum absolute atomic E-state index is 0.0347. The van der Waals surface area contributed by atoms with E-state index in [4.69, 9.17) is 9.47 Å². The van der Waals surface area contributed by atoms with Gasteiger partial charge in [0, 0.05) is 29.7 Å². The SMILES string of the molecule is CCCCCCCCCCCCCCCCC[C@H]1CC[C@H](CCC2CCC(c3ccc(Oc4ccc([N+](=O)[O-])cc4)cc3)(c3ccc(Oc4ccc([N+](=O)[O-])cc4)cc3)CC2)CC1. The van der Waals surface area contributed by atoms with Crippen LogP contribution >= 0.6 is 0 Å². The van der Waals surface area contributed by atoms with E-state index in [0.717, 1.165) is 30.6 Å². The van der Waals surface area contributed by atoms with Crippen molar-refractivity contribution < 1.29 is 19.3 Å². The summed E-state index contributed by atoms with van der Waals surface area (Å²) in [6.45, 7) is 2.30. The van der Waals surface area contributed by atoms with Crippen LogP contribution in [-0.4, -0.2) is 9.85 Å². The molecule has 0 heterocycles. The number of nitrogens with zero attached hydrogens (tertiary/aromatic N) is 2. The van der Waals surface area contributed by atoms with Crippen LogP contribution in [-0.2, 0) is 5.41 Å². The van der Waals surface area contributed by atoms with E-state index in [1.807, 2.05) is 24.3 Å². The van der Waals surface area contributed by atoms with Crippen molar-refractivity contribution in [2.45, 2.75) is 179 Å². The number of hydrogen-bond donors (Lipinski definition) is 0. The van der Waals surface area contributed by atoms with Crippen molar-refractivity contribution in [3.63, 3.8) is 0 Å². The molecule has 0 atom stereocenters. The molecule has 0 amide bonds. The summed E-state index contributed by atoms with van der Waals surface area (Å²) in [5.41, 5.74) is 2.43. The highest BCUT2D eigenvalue weighted by Gasteiger charge is 2.38. The second-order valence-corrected chi connectivity index (χ2v) is 19.0. The van der Waals surface area contributed by atoms with Gasteiger partial charge in [-0.15, -0.1) is 0 Å². The average molecular weight is 859 g/mol. The first-order valence-corrected chi connectivity index (χ1v) is 24.9. The predicted molar refractivity (Wildman–Crippen MR) is 256 cm³/mol. The van der Waals surface area contributed by atoms with E-state index in [1.54, 1.807) is 24.3 Å². The van der Waals surface area contributed by atoms with Crippen LogP contribution < -0.4 is 9.47 Å². The van der Waals surface area contributed by atoms with E-state index in [2.05, 4.69) is 31.2 Å². The van der Waals surface area contributed by atoms with Crippen molar-refractivity contribution in [2.75, 3.05) is 0 Å². The molecule has 0 unspecified atom stereocenters. The van der Waals surface area contributed by atoms with Gasteiger partial charge in [0.05, 0.1) is 9.85 Å². The summed E-state index contributed by atoms with van der Waals surface area (Å²) in [6.07, 6.45) is 35.9. The Morgan fingerprint density at radius 2 is 0.730 bits per heavy atom. The highest BCUT2D eigenvalue weighted by molar-refractivity contribution is 5.46. The molecule has 0 aromatic heterocycles. The minimum atomic E-state index is -0.408. The topological polar surface area (TPSA) is 105 Å². The molecule has 4 aromatic rings. The van der Waals surface area contributed by atoms with Crippen molar-refractivity contribution >= 4 is 11.4 Å². The van der Waals surface area contributed by atoms with Crippen molar-refractivity contribution in [1.82, 2.24) is 0 Å². The van der Waals surface area contributed by atoms with Gasteiger partial charge in [0.25, 0.3) is 11.4 Å². The third-order valence-electron chi connectivity index (χ3n) is 14.5. The third-order valence-corrected chi connectivity index (χ3v) is 14.5. The molecule has 0 spiro atoms. The van der Waals surface area contributed by atoms with E-state index >= 15 is 0 Å². The second kappa shape index (κ2) is 25.5. The smallest absolute Gasteiger partial charge is 0.269 e. The lowest BCUT2D eigenvalue weighted by atomic mass is 9.62. The van der Waals surface area contributed by atoms with Gasteiger partial charge in [-0.25, -0.2) is 0 Å². The number of nitro benzene ring substituents is 2. The third kappa shape index (κ3) is 15.2. The van der Waals surface area contributed by atoms with Crippen molar-refractivity contribution in [3.05, 3.63) is 128 Å². The quantitative estimate of drug-likeness (QED) is 0.0336. The zero-order valence-corrected chi connectivity index (χ0v) is 38.2. The molecule has 340 valence electrons. The highest BCUT2D eigenvalue weighted by Crippen LogP contribution is 2.49. The minimum Gasteiger partial charge on any atom is -0.457 e. The number of benzene rings is 4. The molecule has 0 N–H and O–H groups in total. The van der Waals surface area contributed by atoms with Crippen molar-refractivity contribution in [1.29, 1.82) is 0 Å². The van der Waals surface area contributed by atoms with Crippen LogP contribution in [0.4, 0.5) is 11.4 Å². The molecule has 0 bridgehead atoms. The van der Waals surface area contributed by atoms with E-state index in [1.165, 1.54) is 189 Å². The molecular weight excluding hydrogens is 785 g/mol. The molecule has 0 saturated heterocycles. The number of ether oxygens (including phenoxy) is 2. The zero-order chi connectivity index (χ0) is 44.1. The van der Waals surface area contributed by atoms with Crippen molar-refractivity contribution in [3.8, 4) is 23.0 Å². The van der Waals surface area contributed by atoms with Gasteiger partial charge in [0.2, 0.25) is 0 Å². The van der Waals surface area contributed by atoms with Crippen LogP contribution in [0.25, 0.3) is 0 Å². The van der Waals surface area contributed by atoms with Crippen LogP contribution in [0, 0.1) is 38.0 Å². The first-order chi connectivity index (χ1) is 30.8. The normalized spacial score (nSPS) is 17.6. The maximum Gasteiger partial charge on any atom is 0.269 e. The summed E-state index contributed by atoms with van der Waals surface area (Å²) in [5.74, 6) is 5.07. The largest absolute Gasteiger partial charge is 0.457 e. The average Bonchev–Trinajstić information content (AvgIpc) is 3.31. The Morgan fingerprint density at radius 3 is 1.08 bits per heavy atom. The standard InChI is InChI=1S/C55H74N2O6/c1-2-3-4-5-6-7-8-9-10-11-12-13-14-15-16-17-44-18-20-45(21-19-44)22-23-46-40-42-55(43-41-46,47-24-32-51(33-25-47)62-53-36-28-49(29-37-53)56(58)59)48-26-34-52(35-27-48)63-54-38-30-50(31-39-54)57(60)61/h24-39,44-46H,2-23,40-43H2,1H3/t44-,45-. The van der Waals surface area contributed by atoms with Gasteiger partial charge in [-0.05, 0) is 103 Å². The molecule has 0 radical (unpaired) electrons. The first-order valence-electron chi connectivity index (χ1n) is 24.9. The van der Waals surface area contributed by atoms with Gasteiger partial charge >= 0.3 is 0 Å². The summed E-state index contributed by atoms with van der Waals surface area (Å²) in [6, 6.07) is 29.1. The Hall–Kier alpha value is -4.72. The summed E-state index contributed by atoms with van der Waals surface area (Å²) in [5, 5.41) is 22.2. The lowest BCUT2D eigenvalue weighted by molar-refractivity contribution is -0.385. The fraction of sp³-hybridized carbons (Fsp3) is 0.564. The summed E-state index contributed by atoms with van der Waals surface area (Å²) in [7, 11) is 0. The maximum atomic E-state index is 11.1. The molecule has 2 aliphatic carbocycles. The van der Waals surface area contributed by atoms with Crippen LogP contribution in [0.15, 0.2) is 97.1 Å². The van der Waals surface area contributed by atoms with Gasteiger partial charge in [-0.2, -0.15) is 0 Å². The number of hydrogen-bond acceptors (Lipinski definition) is 6. The molecule has 2 saturated carbocycles. The Kier molecular flexibility index (Phi) is 19.4. The van der Waals surface area contributed by atoms with Crippen LogP contribution in [0.1, 0.15) is 185 Å². The fourth-order valence-electron chi connectivity index (χ4n) is 10.5. The van der Waals surface area contributed by atoms with Crippen LogP contribution in [0.2, 0.25) is 0 Å². The monoisotopic (exact) mass is 859 g/mol. The number of non-ortho nitro benzene ring substituents is 2. The zero-order valence-electron chi connectivity index (χ0n) is 38.2. The Labute approximate surface area is 377 Å². The molecule has 8 heteroatoms. The second-order valence-electron chi connectivity index (χ2n) is 19.0. The van der Waals surface area contributed by atoms with Crippen LogP contribution in [0.5, 0.6) is 23.0 Å². The summed E-state index contributed by atoms with van der Waals surface area (Å²) < 4.78 is 12.2. The van der Waals surface area contributed by atoms with Gasteiger partial charge in [0.1, 0.15) is 23.0 Å². The Bertz CT molecular complexity index is 1810. The van der Waals surface area contributed by atoms with Gasteiger partial charge in [-0.3, -0.25) is 20.2 Å². The van der Waals surface area contributed by atoms with Crippen molar-refractivity contribution in [2.24, 2.45) is 17.8 Å². The molecule has 0 aliphatic heterocycles. The molecule has 8 nitrogen and oxygen atoms in total. The molecular formula is C55H74N2O6. The first kappa shape index (κ1) is 47.8. The van der Waals surface area contributed by atoms with E-state index in [-0.39, 0.29) is 16.8 Å². The van der Waals surface area contributed by atoms with E-state index < -0.39 is 9.85 Å². The molecule has 4 aromatic carbocycles. The molecule has 2 fully saturated rings. The van der Waals surface area contributed by atoms with Gasteiger partial charge in [-0.1, -0.05) is 172 Å². The molecule has 6 rings (SSSR count). The lowest BCUT2D eigenvalue weighted by Crippen LogP contribution is -2.33.